The molecule has 0 atom stereocenters. The molecular weight excluding hydrogens is 382 g/mol. The zero-order valence-corrected chi connectivity index (χ0v) is 16.5. The number of carbonyl (C=O) groups excluding carboxylic acids is 1. The molecule has 10 heteroatoms. The lowest BCUT2D eigenvalue weighted by Crippen LogP contribution is -2.38. The molecule has 4 rings (SSSR count). The number of carbonyl (C=O) groups is 1. The van der Waals surface area contributed by atoms with Crippen LogP contribution in [0.5, 0.6) is 0 Å². The van der Waals surface area contributed by atoms with Crippen molar-refractivity contribution in [1.29, 1.82) is 0 Å². The zero-order chi connectivity index (χ0) is 19.9. The number of pyridine rings is 1. The first-order valence-electron chi connectivity index (χ1n) is 9.25. The molecule has 150 valence electrons. The molecule has 0 unspecified atom stereocenters. The van der Waals surface area contributed by atoms with Crippen LogP contribution in [-0.4, -0.2) is 41.8 Å². The molecule has 0 spiro atoms. The molecule has 1 aliphatic heterocycles. The van der Waals surface area contributed by atoms with Gasteiger partial charge in [0, 0.05) is 29.9 Å². The first-order valence-corrected chi connectivity index (χ1v) is 11.1. The van der Waals surface area contributed by atoms with Gasteiger partial charge in [-0.1, -0.05) is 0 Å². The Labute approximate surface area is 163 Å². The average Bonchev–Trinajstić information content (AvgIpc) is 3.11. The van der Waals surface area contributed by atoms with E-state index in [2.05, 4.69) is 25.8 Å². The molecule has 1 aliphatic carbocycles. The topological polar surface area (TPSA) is 126 Å². The van der Waals surface area contributed by atoms with Crippen LogP contribution in [0, 0.1) is 0 Å². The minimum absolute atomic E-state index is 0.0533. The molecular formula is C18H23N5O4S. The maximum atomic E-state index is 11.7. The van der Waals surface area contributed by atoms with Gasteiger partial charge in [-0.2, -0.15) is 5.10 Å². The normalized spacial score (nSPS) is 22.4. The Bertz CT molecular complexity index is 995. The van der Waals surface area contributed by atoms with Gasteiger partial charge in [0.1, 0.15) is 11.9 Å². The van der Waals surface area contributed by atoms with E-state index in [1.54, 1.807) is 12.3 Å². The van der Waals surface area contributed by atoms with Crippen LogP contribution in [-0.2, 0) is 26.1 Å². The molecule has 2 aromatic heterocycles. The van der Waals surface area contributed by atoms with Gasteiger partial charge in [0.15, 0.2) is 15.7 Å². The van der Waals surface area contributed by atoms with Crippen molar-refractivity contribution in [2.45, 2.75) is 56.3 Å². The van der Waals surface area contributed by atoms with E-state index in [0.29, 0.717) is 11.6 Å². The number of hydrogen-bond acceptors (Lipinski definition) is 7. The van der Waals surface area contributed by atoms with Crippen molar-refractivity contribution >= 4 is 27.6 Å². The summed E-state index contributed by atoms with van der Waals surface area (Å²) in [5, 5.41) is 13.1. The summed E-state index contributed by atoms with van der Waals surface area (Å²) >= 11 is 0. The molecule has 0 saturated heterocycles. The second-order valence-electron chi connectivity index (χ2n) is 7.70. The Morgan fingerprint density at radius 2 is 1.96 bits per heavy atom. The number of alkyl carbamates (subject to hydrolysis) is 1. The van der Waals surface area contributed by atoms with Gasteiger partial charge in [-0.3, -0.25) is 5.10 Å². The van der Waals surface area contributed by atoms with Crippen molar-refractivity contribution in [2.75, 3.05) is 5.32 Å². The molecule has 3 N–H and O–H groups in total. The molecule has 0 radical (unpaired) electrons. The van der Waals surface area contributed by atoms with Gasteiger partial charge in [-0.05, 0) is 43.9 Å². The van der Waals surface area contributed by atoms with Crippen LogP contribution in [0.25, 0.3) is 0 Å². The van der Waals surface area contributed by atoms with E-state index >= 15 is 0 Å². The first kappa shape index (κ1) is 18.7. The van der Waals surface area contributed by atoms with Crippen LogP contribution in [0.4, 0.5) is 16.4 Å². The Kier molecular flexibility index (Phi) is 4.74. The number of anilines is 2. The Morgan fingerprint density at radius 1 is 1.21 bits per heavy atom. The van der Waals surface area contributed by atoms with Gasteiger partial charge in [0.25, 0.3) is 0 Å². The number of nitrogens with one attached hydrogen (secondary N) is 3. The minimum Gasteiger partial charge on any atom is -0.446 e. The average molecular weight is 405 g/mol. The molecule has 1 saturated carbocycles. The molecule has 2 aliphatic rings. The highest BCUT2D eigenvalue weighted by atomic mass is 32.2. The number of sulfone groups is 1. The van der Waals surface area contributed by atoms with E-state index < -0.39 is 9.84 Å². The fourth-order valence-corrected chi connectivity index (χ4v) is 5.04. The first-order chi connectivity index (χ1) is 13.3. The zero-order valence-electron chi connectivity index (χ0n) is 15.7. The lowest BCUT2D eigenvalue weighted by Gasteiger charge is -2.33. The Morgan fingerprint density at radius 3 is 2.71 bits per heavy atom. The lowest BCUT2D eigenvalue weighted by atomic mass is 9.80. The van der Waals surface area contributed by atoms with Crippen molar-refractivity contribution in [3.05, 3.63) is 35.2 Å². The van der Waals surface area contributed by atoms with Crippen LogP contribution >= 0.6 is 0 Å². The van der Waals surface area contributed by atoms with Crippen molar-refractivity contribution in [1.82, 2.24) is 20.5 Å². The highest BCUT2D eigenvalue weighted by Gasteiger charge is 2.34. The number of nitrogens with zero attached hydrogens (tertiary/aromatic N) is 2. The van der Waals surface area contributed by atoms with E-state index in [0.717, 1.165) is 29.7 Å². The number of ether oxygens (including phenoxy) is 1. The van der Waals surface area contributed by atoms with E-state index in [9.17, 15) is 13.2 Å². The van der Waals surface area contributed by atoms with Gasteiger partial charge in [-0.15, -0.1) is 0 Å². The Hall–Kier alpha value is -2.62. The number of H-pyrrole nitrogens is 1. The van der Waals surface area contributed by atoms with Crippen LogP contribution in [0.15, 0.2) is 18.3 Å². The monoisotopic (exact) mass is 405 g/mol. The number of rotatable bonds is 5. The van der Waals surface area contributed by atoms with Gasteiger partial charge >= 0.3 is 6.09 Å². The predicted octanol–water partition coefficient (Wildman–Crippen LogP) is 2.36. The fourth-order valence-electron chi connectivity index (χ4n) is 3.46. The highest BCUT2D eigenvalue weighted by Crippen LogP contribution is 2.38. The third-order valence-electron chi connectivity index (χ3n) is 4.90. The van der Waals surface area contributed by atoms with Crippen molar-refractivity contribution in [2.24, 2.45) is 0 Å². The molecule has 1 fully saturated rings. The molecule has 3 heterocycles. The van der Waals surface area contributed by atoms with Crippen LogP contribution in [0.3, 0.4) is 0 Å². The Balaban J connectivity index is 1.32. The molecule has 0 bridgehead atoms. The summed E-state index contributed by atoms with van der Waals surface area (Å²) in [5.41, 5.74) is 2.51. The quantitative estimate of drug-likeness (QED) is 0.697. The second-order valence-corrected chi connectivity index (χ2v) is 9.76. The summed E-state index contributed by atoms with van der Waals surface area (Å²) < 4.78 is 28.8. The van der Waals surface area contributed by atoms with Crippen molar-refractivity contribution in [3.8, 4) is 0 Å². The summed E-state index contributed by atoms with van der Waals surface area (Å²) in [7, 11) is -3.05. The van der Waals surface area contributed by atoms with Gasteiger partial charge in [-0.25, -0.2) is 18.2 Å². The fraction of sp³-hybridized carbons (Fsp3) is 0.500. The molecule has 2 aromatic rings. The summed E-state index contributed by atoms with van der Waals surface area (Å²) in [6.45, 7) is 3.78. The third-order valence-corrected chi connectivity index (χ3v) is 6.40. The number of aromatic amines is 1. The molecule has 0 aromatic carbocycles. The molecule has 1 amide bonds. The van der Waals surface area contributed by atoms with E-state index in [1.165, 1.54) is 0 Å². The van der Waals surface area contributed by atoms with Gasteiger partial charge in [0.2, 0.25) is 0 Å². The summed E-state index contributed by atoms with van der Waals surface area (Å²) in [6.07, 6.45) is 2.65. The molecule has 9 nitrogen and oxygen atoms in total. The molecule has 28 heavy (non-hydrogen) atoms. The number of hydrogen-bond donors (Lipinski definition) is 3. The van der Waals surface area contributed by atoms with Crippen LogP contribution in [0.1, 0.15) is 49.4 Å². The minimum atomic E-state index is -3.05. The summed E-state index contributed by atoms with van der Waals surface area (Å²) in [6, 6.07) is 3.72. The number of aromatic nitrogens is 3. The van der Waals surface area contributed by atoms with Gasteiger partial charge < -0.3 is 15.4 Å². The smallest absolute Gasteiger partial charge is 0.407 e. The van der Waals surface area contributed by atoms with Crippen molar-refractivity contribution in [3.63, 3.8) is 0 Å². The van der Waals surface area contributed by atoms with Crippen LogP contribution < -0.4 is 10.6 Å². The van der Waals surface area contributed by atoms with Gasteiger partial charge in [0.05, 0.1) is 11.5 Å². The van der Waals surface area contributed by atoms with Crippen LogP contribution in [0.2, 0.25) is 0 Å². The maximum Gasteiger partial charge on any atom is 0.407 e. The largest absolute Gasteiger partial charge is 0.446 e. The van der Waals surface area contributed by atoms with Crippen molar-refractivity contribution < 1.29 is 17.9 Å². The second kappa shape index (κ2) is 7.08. The number of amides is 1. The predicted molar refractivity (Wildman–Crippen MR) is 103 cm³/mol. The standard InChI is InChI=1S/C18H23N5O4S/c1-10(2)20-18(24)27-14-3-11(4-14)15-6-17(23-22-15)21-16-5-12-8-28(25,26)9-13(12)7-19-16/h5-7,10-11,14H,3-4,8-9H2,1-2H3,(H,20,24)(H2,19,21,22,23). The SMILES string of the molecule is CC(C)NC(=O)OC1CC(c2cc(Nc3cc4c(cn3)CS(=O)(=O)C4)n[nH]2)C1. The van der Waals surface area contributed by atoms with E-state index in [1.807, 2.05) is 19.9 Å². The maximum absolute atomic E-state index is 11.7. The number of fused-ring (bicyclic) bond motifs is 1. The summed E-state index contributed by atoms with van der Waals surface area (Å²) in [4.78, 5) is 15.9. The summed E-state index contributed by atoms with van der Waals surface area (Å²) in [5.74, 6) is 1.55. The van der Waals surface area contributed by atoms with E-state index in [4.69, 9.17) is 4.74 Å². The third kappa shape index (κ3) is 4.11. The lowest BCUT2D eigenvalue weighted by molar-refractivity contribution is 0.0374. The highest BCUT2D eigenvalue weighted by molar-refractivity contribution is 7.90. The van der Waals surface area contributed by atoms with E-state index in [-0.39, 0.29) is 35.7 Å².